The van der Waals surface area contributed by atoms with Crippen LogP contribution in [-0.2, 0) is 42.9 Å². The maximum absolute atomic E-state index is 11.8. The predicted octanol–water partition coefficient (Wildman–Crippen LogP) is 1.46. The first-order valence-corrected chi connectivity index (χ1v) is 9.60. The molecule has 0 spiro atoms. The second-order valence-corrected chi connectivity index (χ2v) is 7.00. The van der Waals surface area contributed by atoms with Crippen LogP contribution in [0.25, 0.3) is 0 Å². The van der Waals surface area contributed by atoms with Crippen LogP contribution >= 0.6 is 0 Å². The first kappa shape index (κ1) is 24.1. The average molecular weight is 438 g/mol. The van der Waals surface area contributed by atoms with Crippen LogP contribution in [0.3, 0.4) is 0 Å². The number of aryl methyl sites for hydroxylation is 1. The molecular weight excluding hydrogens is 412 g/mol. The molecule has 1 aromatic carbocycles. The molecule has 1 aliphatic rings. The highest BCUT2D eigenvalue weighted by Gasteiger charge is 2.53. The lowest BCUT2D eigenvalue weighted by Gasteiger charge is -2.43. The van der Waals surface area contributed by atoms with Crippen LogP contribution in [0.15, 0.2) is 24.3 Å². The van der Waals surface area contributed by atoms with Gasteiger partial charge in [0.2, 0.25) is 12.4 Å². The van der Waals surface area contributed by atoms with Crippen molar-refractivity contribution in [1.29, 1.82) is 0 Å². The van der Waals surface area contributed by atoms with Crippen molar-refractivity contribution in [2.75, 3.05) is 6.61 Å². The van der Waals surface area contributed by atoms with Crippen LogP contribution in [0.5, 0.6) is 5.75 Å². The van der Waals surface area contributed by atoms with E-state index < -0.39 is 54.6 Å². The van der Waals surface area contributed by atoms with Crippen molar-refractivity contribution in [2.45, 2.75) is 65.3 Å². The average Bonchev–Trinajstić information content (AvgIpc) is 2.65. The molecule has 0 bridgehead atoms. The van der Waals surface area contributed by atoms with Gasteiger partial charge in [-0.3, -0.25) is 19.2 Å². The number of benzene rings is 1. The van der Waals surface area contributed by atoms with E-state index in [-0.39, 0.29) is 6.61 Å². The number of ether oxygens (including phenoxy) is 6. The summed E-state index contributed by atoms with van der Waals surface area (Å²) in [6.45, 7) is 6.27. The number of hydrogen-bond acceptors (Lipinski definition) is 10. The summed E-state index contributed by atoms with van der Waals surface area (Å²) in [5, 5.41) is 0. The molecular formula is C21H26O10. The summed E-state index contributed by atoms with van der Waals surface area (Å²) in [6, 6.07) is 6.98. The van der Waals surface area contributed by atoms with Crippen molar-refractivity contribution in [3.8, 4) is 5.75 Å². The molecule has 0 radical (unpaired) electrons. The smallest absolute Gasteiger partial charge is 0.303 e. The van der Waals surface area contributed by atoms with Crippen molar-refractivity contribution in [1.82, 2.24) is 0 Å². The number of carbonyl (C=O) groups excluding carboxylic acids is 4. The van der Waals surface area contributed by atoms with Gasteiger partial charge in [-0.05, 0) is 19.1 Å². The highest BCUT2D eigenvalue weighted by Crippen LogP contribution is 2.31. The molecule has 5 atom stereocenters. The summed E-state index contributed by atoms with van der Waals surface area (Å²) in [5.74, 6) is -2.29. The lowest BCUT2D eigenvalue weighted by molar-refractivity contribution is -0.288. The Labute approximate surface area is 179 Å². The highest BCUT2D eigenvalue weighted by molar-refractivity contribution is 5.68. The van der Waals surface area contributed by atoms with Crippen LogP contribution in [-0.4, -0.2) is 61.2 Å². The van der Waals surface area contributed by atoms with Gasteiger partial charge in [-0.25, -0.2) is 0 Å². The fourth-order valence-electron chi connectivity index (χ4n) is 3.03. The van der Waals surface area contributed by atoms with Crippen molar-refractivity contribution in [3.05, 3.63) is 29.8 Å². The SMILES string of the molecule is CC(=O)OC[C@@H]1O[C@H](Oc2ccc(C)cc2)[C@@H](OC(C)=O)[C@H](OC(C)=O)[C@@H]1OC(C)=O. The van der Waals surface area contributed by atoms with Gasteiger partial charge in [-0.15, -0.1) is 0 Å². The first-order valence-electron chi connectivity index (χ1n) is 9.60. The predicted molar refractivity (Wildman–Crippen MR) is 104 cm³/mol. The van der Waals surface area contributed by atoms with E-state index in [2.05, 4.69) is 0 Å². The van der Waals surface area contributed by atoms with E-state index in [1.165, 1.54) is 13.8 Å². The minimum atomic E-state index is -1.27. The molecule has 1 fully saturated rings. The molecule has 10 nitrogen and oxygen atoms in total. The maximum Gasteiger partial charge on any atom is 0.303 e. The largest absolute Gasteiger partial charge is 0.463 e. The highest BCUT2D eigenvalue weighted by atomic mass is 16.7. The molecule has 2 rings (SSSR count). The number of hydrogen-bond donors (Lipinski definition) is 0. The second kappa shape index (κ2) is 10.8. The summed E-state index contributed by atoms with van der Waals surface area (Å²) in [5.41, 5.74) is 0.994. The third kappa shape index (κ3) is 7.25. The molecule has 0 aliphatic carbocycles. The summed E-state index contributed by atoms with van der Waals surface area (Å²) in [6.07, 6.45) is -6.05. The summed E-state index contributed by atoms with van der Waals surface area (Å²) in [7, 11) is 0. The molecule has 1 heterocycles. The van der Waals surface area contributed by atoms with Gasteiger partial charge in [0, 0.05) is 27.7 Å². The minimum absolute atomic E-state index is 0.314. The van der Waals surface area contributed by atoms with Gasteiger partial charge in [0.15, 0.2) is 12.2 Å². The molecule has 1 aromatic rings. The number of carbonyl (C=O) groups is 4. The molecule has 0 unspecified atom stereocenters. The van der Waals surface area contributed by atoms with E-state index >= 15 is 0 Å². The quantitative estimate of drug-likeness (QED) is 0.456. The number of esters is 4. The third-order valence-corrected chi connectivity index (χ3v) is 4.22. The van der Waals surface area contributed by atoms with Gasteiger partial charge in [-0.2, -0.15) is 0 Å². The van der Waals surface area contributed by atoms with Gasteiger partial charge >= 0.3 is 23.9 Å². The molecule has 0 N–H and O–H groups in total. The third-order valence-electron chi connectivity index (χ3n) is 4.22. The van der Waals surface area contributed by atoms with Crippen LogP contribution in [0.2, 0.25) is 0 Å². The monoisotopic (exact) mass is 438 g/mol. The number of rotatable bonds is 7. The summed E-state index contributed by atoms with van der Waals surface area (Å²) >= 11 is 0. The van der Waals surface area contributed by atoms with E-state index in [0.717, 1.165) is 19.4 Å². The zero-order chi connectivity index (χ0) is 23.1. The van der Waals surface area contributed by atoms with E-state index in [9.17, 15) is 19.2 Å². The summed E-state index contributed by atoms with van der Waals surface area (Å²) in [4.78, 5) is 46.6. The normalized spacial score (nSPS) is 25.1. The molecule has 10 heteroatoms. The molecule has 0 saturated carbocycles. The lowest BCUT2D eigenvalue weighted by atomic mass is 9.98. The molecule has 170 valence electrons. The van der Waals surface area contributed by atoms with Crippen LogP contribution in [0.1, 0.15) is 33.3 Å². The molecule has 1 aliphatic heterocycles. The molecule has 1 saturated heterocycles. The Balaban J connectivity index is 2.43. The first-order chi connectivity index (χ1) is 14.6. The van der Waals surface area contributed by atoms with Gasteiger partial charge in [-0.1, -0.05) is 17.7 Å². The van der Waals surface area contributed by atoms with E-state index in [0.29, 0.717) is 5.75 Å². The standard InChI is InChI=1S/C21H26O10/c1-11-6-8-16(9-7-11)30-21-20(29-15(5)25)19(28-14(4)24)18(27-13(3)23)17(31-21)10-26-12(2)22/h6-9,17-21H,10H2,1-5H3/t17-,18+,19+,20-,21-/m0/s1. The Kier molecular flexibility index (Phi) is 8.38. The van der Waals surface area contributed by atoms with Crippen molar-refractivity contribution < 1.29 is 47.6 Å². The Morgan fingerprint density at radius 3 is 1.81 bits per heavy atom. The van der Waals surface area contributed by atoms with Crippen molar-refractivity contribution in [3.63, 3.8) is 0 Å². The van der Waals surface area contributed by atoms with Gasteiger partial charge < -0.3 is 28.4 Å². The van der Waals surface area contributed by atoms with Crippen molar-refractivity contribution in [2.24, 2.45) is 0 Å². The molecule has 0 amide bonds. The Morgan fingerprint density at radius 1 is 0.774 bits per heavy atom. The van der Waals surface area contributed by atoms with E-state index in [1.807, 2.05) is 6.92 Å². The van der Waals surface area contributed by atoms with E-state index in [4.69, 9.17) is 28.4 Å². The van der Waals surface area contributed by atoms with Crippen LogP contribution < -0.4 is 4.74 Å². The zero-order valence-corrected chi connectivity index (χ0v) is 18.0. The Bertz CT molecular complexity index is 803. The van der Waals surface area contributed by atoms with E-state index in [1.54, 1.807) is 24.3 Å². The van der Waals surface area contributed by atoms with Crippen molar-refractivity contribution >= 4 is 23.9 Å². The molecule has 0 aromatic heterocycles. The minimum Gasteiger partial charge on any atom is -0.463 e. The maximum atomic E-state index is 11.8. The fourth-order valence-corrected chi connectivity index (χ4v) is 3.03. The van der Waals surface area contributed by atoms with Crippen LogP contribution in [0, 0.1) is 6.92 Å². The Hall–Kier alpha value is -3.14. The molecule has 31 heavy (non-hydrogen) atoms. The fraction of sp³-hybridized carbons (Fsp3) is 0.524. The van der Waals surface area contributed by atoms with Gasteiger partial charge in [0.1, 0.15) is 18.5 Å². The Morgan fingerprint density at radius 2 is 1.29 bits per heavy atom. The lowest BCUT2D eigenvalue weighted by Crippen LogP contribution is -2.63. The van der Waals surface area contributed by atoms with Gasteiger partial charge in [0.25, 0.3) is 0 Å². The summed E-state index contributed by atoms with van der Waals surface area (Å²) < 4.78 is 32.7. The topological polar surface area (TPSA) is 124 Å². The zero-order valence-electron chi connectivity index (χ0n) is 18.0. The second-order valence-electron chi connectivity index (χ2n) is 7.00. The van der Waals surface area contributed by atoms with Crippen LogP contribution in [0.4, 0.5) is 0 Å². The van der Waals surface area contributed by atoms with Gasteiger partial charge in [0.05, 0.1) is 0 Å².